The molecule has 2 atom stereocenters. The first-order valence-corrected chi connectivity index (χ1v) is 6.66. The maximum atomic E-state index is 11.2. The summed E-state index contributed by atoms with van der Waals surface area (Å²) in [5.74, 6) is 0.157. The number of nitrogens with two attached hydrogens (primary N) is 2. The van der Waals surface area contributed by atoms with Crippen molar-refractivity contribution >= 4 is 11.7 Å². The van der Waals surface area contributed by atoms with Crippen molar-refractivity contribution in [2.24, 2.45) is 18.5 Å². The summed E-state index contributed by atoms with van der Waals surface area (Å²) in [7, 11) is 3.46. The van der Waals surface area contributed by atoms with Crippen molar-refractivity contribution in [2.45, 2.75) is 31.4 Å². The number of anilines is 1. The fourth-order valence-electron chi connectivity index (χ4n) is 2.66. The number of ether oxygens (including phenoxy) is 1. The van der Waals surface area contributed by atoms with Gasteiger partial charge in [-0.15, -0.1) is 0 Å². The number of primary amides is 1. The lowest BCUT2D eigenvalue weighted by Crippen LogP contribution is -2.42. The highest BCUT2D eigenvalue weighted by Crippen LogP contribution is 2.26. The lowest BCUT2D eigenvalue weighted by atomic mass is 9.97. The molecule has 0 bridgehead atoms. The summed E-state index contributed by atoms with van der Waals surface area (Å²) >= 11 is 0. The molecule has 1 fully saturated rings. The number of aryl methyl sites for hydroxylation is 1. The quantitative estimate of drug-likeness (QED) is 0.788. The van der Waals surface area contributed by atoms with Gasteiger partial charge in [0.25, 0.3) is 5.91 Å². The molecule has 0 aliphatic carbocycles. The van der Waals surface area contributed by atoms with Crippen LogP contribution in [-0.4, -0.2) is 47.5 Å². The van der Waals surface area contributed by atoms with Crippen LogP contribution in [0.1, 0.15) is 30.3 Å². The lowest BCUT2D eigenvalue weighted by Gasteiger charge is -2.33. The number of hydrogen-bond donors (Lipinski definition) is 2. The molecule has 1 aliphatic rings. The van der Waals surface area contributed by atoms with Crippen molar-refractivity contribution in [2.75, 3.05) is 25.1 Å². The second-order valence-electron chi connectivity index (χ2n) is 5.61. The van der Waals surface area contributed by atoms with Crippen molar-refractivity contribution in [1.82, 2.24) is 9.78 Å². The van der Waals surface area contributed by atoms with Gasteiger partial charge < -0.3 is 21.1 Å². The second kappa shape index (κ2) is 5.41. The zero-order valence-electron chi connectivity index (χ0n) is 12.2. The Kier molecular flexibility index (Phi) is 4.01. The zero-order valence-corrected chi connectivity index (χ0v) is 12.2. The number of nitrogens with zero attached hydrogens (tertiary/aromatic N) is 3. The molecule has 4 N–H and O–H groups in total. The first kappa shape index (κ1) is 14.8. The van der Waals surface area contributed by atoms with Gasteiger partial charge in [-0.25, -0.2) is 0 Å². The van der Waals surface area contributed by atoms with Crippen molar-refractivity contribution in [3.05, 3.63) is 11.8 Å². The smallest absolute Gasteiger partial charge is 0.269 e. The Morgan fingerprint density at radius 1 is 1.60 bits per heavy atom. The standard InChI is InChI=1S/C13H22N5O2/c1-13(20-3)7-9(14)4-5-18(8-13)11-6-10(12(15)19)16-17(11)2/h9H,4-5,7-8,14H2,1-3H3,(H2,15,19). The average Bonchev–Trinajstić information content (AvgIpc) is 2.69. The van der Waals surface area contributed by atoms with Gasteiger partial charge in [-0.1, -0.05) is 0 Å². The van der Waals surface area contributed by atoms with Crippen LogP contribution >= 0.6 is 0 Å². The molecule has 1 radical (unpaired) electrons. The fraction of sp³-hybridized carbons (Fsp3) is 0.692. The summed E-state index contributed by atoms with van der Waals surface area (Å²) in [6.07, 6.45) is 1.64. The van der Waals surface area contributed by atoms with E-state index in [1.165, 1.54) is 0 Å². The summed E-state index contributed by atoms with van der Waals surface area (Å²) in [5, 5.41) is 4.08. The van der Waals surface area contributed by atoms with E-state index in [9.17, 15) is 4.79 Å². The molecule has 1 saturated heterocycles. The SMILES string of the molecule is COC1(C)CC(N)CCN(c2[c]c(C(N)=O)nn2C)C1. The van der Waals surface area contributed by atoms with E-state index in [2.05, 4.69) is 16.1 Å². The summed E-state index contributed by atoms with van der Waals surface area (Å²) in [5.41, 5.74) is 11.2. The zero-order chi connectivity index (χ0) is 14.9. The molecule has 0 aromatic carbocycles. The van der Waals surface area contributed by atoms with Crippen molar-refractivity contribution in [3.63, 3.8) is 0 Å². The normalized spacial score (nSPS) is 27.4. The highest BCUT2D eigenvalue weighted by atomic mass is 16.5. The van der Waals surface area contributed by atoms with Crippen LogP contribution < -0.4 is 16.4 Å². The van der Waals surface area contributed by atoms with E-state index < -0.39 is 5.91 Å². The molecule has 111 valence electrons. The average molecular weight is 280 g/mol. The molecule has 2 heterocycles. The minimum atomic E-state index is -0.576. The van der Waals surface area contributed by atoms with Gasteiger partial charge in [-0.3, -0.25) is 9.48 Å². The highest BCUT2D eigenvalue weighted by Gasteiger charge is 2.33. The molecule has 1 amide bonds. The van der Waals surface area contributed by atoms with Crippen LogP contribution in [-0.2, 0) is 11.8 Å². The van der Waals surface area contributed by atoms with Gasteiger partial charge in [0.1, 0.15) is 5.82 Å². The summed E-state index contributed by atoms with van der Waals surface area (Å²) < 4.78 is 7.24. The predicted octanol–water partition coefficient (Wildman–Crippen LogP) is -0.348. The van der Waals surface area contributed by atoms with Crippen LogP contribution in [0.4, 0.5) is 5.82 Å². The van der Waals surface area contributed by atoms with Gasteiger partial charge in [0.05, 0.1) is 11.7 Å². The first-order chi connectivity index (χ1) is 9.34. The van der Waals surface area contributed by atoms with Crippen LogP contribution in [0.3, 0.4) is 0 Å². The Hall–Kier alpha value is -1.60. The van der Waals surface area contributed by atoms with Crippen LogP contribution in [0, 0.1) is 6.07 Å². The molecule has 2 rings (SSSR count). The number of carbonyl (C=O) groups excluding carboxylic acids is 1. The van der Waals surface area contributed by atoms with Crippen LogP contribution in [0.2, 0.25) is 0 Å². The molecule has 1 aromatic rings. The van der Waals surface area contributed by atoms with Gasteiger partial charge in [-0.2, -0.15) is 5.10 Å². The third-order valence-corrected chi connectivity index (χ3v) is 3.80. The number of rotatable bonds is 3. The number of aromatic nitrogens is 2. The van der Waals surface area contributed by atoms with Crippen molar-refractivity contribution in [3.8, 4) is 0 Å². The van der Waals surface area contributed by atoms with Gasteiger partial charge in [0.15, 0.2) is 5.69 Å². The maximum Gasteiger partial charge on any atom is 0.269 e. The van der Waals surface area contributed by atoms with E-state index in [1.54, 1.807) is 18.8 Å². The van der Waals surface area contributed by atoms with E-state index in [4.69, 9.17) is 16.2 Å². The molecule has 7 heteroatoms. The predicted molar refractivity (Wildman–Crippen MR) is 75.4 cm³/mol. The Balaban J connectivity index is 2.29. The van der Waals surface area contributed by atoms with E-state index in [1.807, 2.05) is 6.92 Å². The van der Waals surface area contributed by atoms with Crippen LogP contribution in [0.25, 0.3) is 0 Å². The maximum absolute atomic E-state index is 11.2. The largest absolute Gasteiger partial charge is 0.377 e. The summed E-state index contributed by atoms with van der Waals surface area (Å²) in [6.45, 7) is 3.48. The molecule has 1 aliphatic heterocycles. The topological polar surface area (TPSA) is 99.4 Å². The van der Waals surface area contributed by atoms with E-state index in [0.717, 1.165) is 25.2 Å². The van der Waals surface area contributed by atoms with Crippen molar-refractivity contribution < 1.29 is 9.53 Å². The number of amides is 1. The number of hydrogen-bond acceptors (Lipinski definition) is 5. The van der Waals surface area contributed by atoms with Gasteiger partial charge in [0, 0.05) is 33.3 Å². The molecular weight excluding hydrogens is 258 g/mol. The number of methoxy groups -OCH3 is 1. The minimum absolute atomic E-state index is 0.0915. The van der Waals surface area contributed by atoms with E-state index in [-0.39, 0.29) is 17.3 Å². The van der Waals surface area contributed by atoms with Gasteiger partial charge in [-0.05, 0) is 19.8 Å². The third-order valence-electron chi connectivity index (χ3n) is 3.80. The highest BCUT2D eigenvalue weighted by molar-refractivity contribution is 5.91. The molecule has 0 saturated carbocycles. The Bertz CT molecular complexity index is 501. The van der Waals surface area contributed by atoms with E-state index in [0.29, 0.717) is 6.54 Å². The minimum Gasteiger partial charge on any atom is -0.377 e. The monoisotopic (exact) mass is 280 g/mol. The molecule has 0 spiro atoms. The number of carbonyl (C=O) groups is 1. The lowest BCUT2D eigenvalue weighted by molar-refractivity contribution is 0.00449. The van der Waals surface area contributed by atoms with Gasteiger partial charge in [0.2, 0.25) is 0 Å². The summed E-state index contributed by atoms with van der Waals surface area (Å²) in [6, 6.07) is 3.05. The van der Waals surface area contributed by atoms with Crippen LogP contribution in [0.15, 0.2) is 0 Å². The Labute approximate surface area is 118 Å². The summed E-state index contributed by atoms with van der Waals surface area (Å²) in [4.78, 5) is 13.3. The van der Waals surface area contributed by atoms with Gasteiger partial charge >= 0.3 is 0 Å². The van der Waals surface area contributed by atoms with Crippen molar-refractivity contribution in [1.29, 1.82) is 0 Å². The fourth-order valence-corrected chi connectivity index (χ4v) is 2.66. The Morgan fingerprint density at radius 2 is 2.30 bits per heavy atom. The Morgan fingerprint density at radius 3 is 2.85 bits per heavy atom. The second-order valence-corrected chi connectivity index (χ2v) is 5.61. The molecule has 2 unspecified atom stereocenters. The van der Waals surface area contributed by atoms with E-state index >= 15 is 0 Å². The molecular formula is C13H22N5O2. The molecule has 1 aromatic heterocycles. The molecule has 20 heavy (non-hydrogen) atoms. The van der Waals surface area contributed by atoms with Crippen LogP contribution in [0.5, 0.6) is 0 Å². The first-order valence-electron chi connectivity index (χ1n) is 6.66. The third kappa shape index (κ3) is 2.94. The molecule has 7 nitrogen and oxygen atoms in total.